The Labute approximate surface area is 203 Å². The van der Waals surface area contributed by atoms with Gasteiger partial charge in [0.2, 0.25) is 0 Å². The number of fused-ring (bicyclic) bond motifs is 2. The third-order valence-electron chi connectivity index (χ3n) is 6.03. The molecule has 174 valence electrons. The van der Waals surface area contributed by atoms with Gasteiger partial charge in [-0.15, -0.1) is 0 Å². The predicted molar refractivity (Wildman–Crippen MR) is 137 cm³/mol. The van der Waals surface area contributed by atoms with Crippen molar-refractivity contribution in [3.63, 3.8) is 0 Å². The van der Waals surface area contributed by atoms with Crippen molar-refractivity contribution in [3.8, 4) is 0 Å². The molecule has 5 rings (SSSR count). The molecule has 1 aliphatic carbocycles. The molecule has 0 saturated carbocycles. The minimum atomic E-state index is -0.326. The summed E-state index contributed by atoms with van der Waals surface area (Å²) in [6.07, 6.45) is 10.5. The highest BCUT2D eigenvalue weighted by atomic mass is 16.5. The van der Waals surface area contributed by atoms with Gasteiger partial charge in [-0.25, -0.2) is 0 Å². The maximum absolute atomic E-state index is 13.4. The van der Waals surface area contributed by atoms with Crippen LogP contribution in [0.3, 0.4) is 0 Å². The summed E-state index contributed by atoms with van der Waals surface area (Å²) in [6, 6.07) is 11.3. The van der Waals surface area contributed by atoms with Crippen molar-refractivity contribution in [2.24, 2.45) is 5.41 Å². The Bertz CT molecular complexity index is 1440. The molecule has 1 aromatic heterocycles. The van der Waals surface area contributed by atoms with Crippen molar-refractivity contribution in [1.29, 1.82) is 0 Å². The first-order valence-electron chi connectivity index (χ1n) is 11.4. The maximum Gasteiger partial charge on any atom is 0.198 e. The van der Waals surface area contributed by atoms with E-state index in [0.29, 0.717) is 39.3 Å². The number of benzene rings is 2. The number of hydrogen-bond donors (Lipinski definition) is 1. The molecule has 0 atom stereocenters. The molecule has 2 heterocycles. The van der Waals surface area contributed by atoms with Crippen LogP contribution in [-0.2, 0) is 4.74 Å². The molecule has 35 heavy (non-hydrogen) atoms. The average molecular weight is 464 g/mol. The van der Waals surface area contributed by atoms with Crippen LogP contribution in [-0.4, -0.2) is 28.6 Å². The van der Waals surface area contributed by atoms with Gasteiger partial charge in [0.15, 0.2) is 11.6 Å². The zero-order valence-electron chi connectivity index (χ0n) is 20.0. The first kappa shape index (κ1) is 22.5. The molecule has 0 unspecified atom stereocenters. The monoisotopic (exact) mass is 463 g/mol. The summed E-state index contributed by atoms with van der Waals surface area (Å²) in [5, 5.41) is 3.10. The number of ether oxygens (including phenoxy) is 1. The number of Topliss-reactive ketones (excluding diaryl/α,β-unsaturated/α-hetero) is 2. The van der Waals surface area contributed by atoms with Crippen LogP contribution in [0.1, 0.15) is 47.1 Å². The van der Waals surface area contributed by atoms with Gasteiger partial charge in [-0.1, -0.05) is 39.0 Å². The Morgan fingerprint density at radius 2 is 1.46 bits per heavy atom. The van der Waals surface area contributed by atoms with Crippen LogP contribution >= 0.6 is 0 Å². The lowest BCUT2D eigenvalue weighted by molar-refractivity contribution is 0.0987. The molecular formula is C29H25N3O3. The smallest absolute Gasteiger partial charge is 0.198 e. The average Bonchev–Trinajstić information content (AvgIpc) is 3.10. The molecule has 2 aromatic carbocycles. The number of carbonyl (C=O) groups excluding carboxylic acids is 2. The quantitative estimate of drug-likeness (QED) is 0.384. The van der Waals surface area contributed by atoms with Gasteiger partial charge in [0.25, 0.3) is 0 Å². The van der Waals surface area contributed by atoms with E-state index < -0.39 is 0 Å². The molecular weight excluding hydrogens is 438 g/mol. The number of aromatic nitrogens is 2. The summed E-state index contributed by atoms with van der Waals surface area (Å²) in [7, 11) is 1.88. The minimum Gasteiger partial charge on any atom is -0.461 e. The highest BCUT2D eigenvalue weighted by molar-refractivity contribution is 6.40. The number of carbonyl (C=O) groups is 2. The molecule has 2 aliphatic rings. The van der Waals surface area contributed by atoms with Crippen molar-refractivity contribution in [3.05, 3.63) is 106 Å². The van der Waals surface area contributed by atoms with Crippen LogP contribution in [0.5, 0.6) is 0 Å². The van der Waals surface area contributed by atoms with E-state index in [1.807, 2.05) is 64.2 Å². The number of allylic oxidation sites excluding steroid dienone is 6. The van der Waals surface area contributed by atoms with Crippen LogP contribution in [0.2, 0.25) is 0 Å². The fourth-order valence-electron chi connectivity index (χ4n) is 4.08. The summed E-state index contributed by atoms with van der Waals surface area (Å²) in [5.41, 5.74) is 4.27. The summed E-state index contributed by atoms with van der Waals surface area (Å²) in [5.74, 6) is 0.628. The van der Waals surface area contributed by atoms with E-state index in [1.165, 1.54) is 0 Å². The summed E-state index contributed by atoms with van der Waals surface area (Å²) in [4.78, 5) is 35.4. The number of ketones is 2. The SMILES string of the molecule is CNc1ccc(C=CC2=CC(=C3C(=O)c4cc5nccnc5cc4C3=O)C=C(C(C)(C)C)O2)cc1. The number of rotatable bonds is 3. The highest BCUT2D eigenvalue weighted by Crippen LogP contribution is 2.38. The van der Waals surface area contributed by atoms with Crippen LogP contribution in [0, 0.1) is 5.41 Å². The van der Waals surface area contributed by atoms with Gasteiger partial charge in [-0.3, -0.25) is 19.6 Å². The first-order chi connectivity index (χ1) is 16.7. The fraction of sp³-hybridized carbons (Fsp3) is 0.172. The zero-order chi connectivity index (χ0) is 24.7. The number of nitrogens with zero attached hydrogens (tertiary/aromatic N) is 2. The van der Waals surface area contributed by atoms with Gasteiger partial charge >= 0.3 is 0 Å². The van der Waals surface area contributed by atoms with Gasteiger partial charge < -0.3 is 10.1 Å². The van der Waals surface area contributed by atoms with Gasteiger partial charge in [0.1, 0.15) is 11.5 Å². The van der Waals surface area contributed by atoms with Crippen LogP contribution in [0.25, 0.3) is 17.1 Å². The number of hydrogen-bond acceptors (Lipinski definition) is 6. The first-order valence-corrected chi connectivity index (χ1v) is 11.4. The molecule has 3 aromatic rings. The van der Waals surface area contributed by atoms with Gasteiger partial charge in [0.05, 0.1) is 16.6 Å². The van der Waals surface area contributed by atoms with E-state index in [9.17, 15) is 9.59 Å². The second kappa shape index (κ2) is 8.47. The van der Waals surface area contributed by atoms with E-state index in [2.05, 4.69) is 15.3 Å². The summed E-state index contributed by atoms with van der Waals surface area (Å²) >= 11 is 0. The number of nitrogens with one attached hydrogen (secondary N) is 1. The normalized spacial score (nSPS) is 15.9. The van der Waals surface area contributed by atoms with Crippen LogP contribution < -0.4 is 5.32 Å². The van der Waals surface area contributed by atoms with Crippen molar-refractivity contribution in [1.82, 2.24) is 9.97 Å². The Balaban J connectivity index is 1.59. The molecule has 1 N–H and O–H groups in total. The molecule has 0 fully saturated rings. The Hall–Kier alpha value is -4.32. The summed E-state index contributed by atoms with van der Waals surface area (Å²) < 4.78 is 6.16. The van der Waals surface area contributed by atoms with Crippen LogP contribution in [0.15, 0.2) is 89.7 Å². The Morgan fingerprint density at radius 3 is 2.00 bits per heavy atom. The lowest BCUT2D eigenvalue weighted by Crippen LogP contribution is -2.16. The third-order valence-corrected chi connectivity index (χ3v) is 6.03. The van der Waals surface area contributed by atoms with Crippen LogP contribution in [0.4, 0.5) is 5.69 Å². The van der Waals surface area contributed by atoms with E-state index >= 15 is 0 Å². The van der Waals surface area contributed by atoms with Gasteiger partial charge in [0, 0.05) is 41.7 Å². The molecule has 6 nitrogen and oxygen atoms in total. The molecule has 6 heteroatoms. The van der Waals surface area contributed by atoms with Crippen molar-refractivity contribution < 1.29 is 14.3 Å². The molecule has 0 bridgehead atoms. The lowest BCUT2D eigenvalue weighted by atomic mass is 9.89. The van der Waals surface area contributed by atoms with Crippen molar-refractivity contribution in [2.45, 2.75) is 20.8 Å². The van der Waals surface area contributed by atoms with E-state index in [1.54, 1.807) is 36.7 Å². The lowest BCUT2D eigenvalue weighted by Gasteiger charge is -2.27. The van der Waals surface area contributed by atoms with E-state index in [-0.39, 0.29) is 22.6 Å². The summed E-state index contributed by atoms with van der Waals surface area (Å²) in [6.45, 7) is 6.09. The fourth-order valence-corrected chi connectivity index (χ4v) is 4.08. The zero-order valence-corrected chi connectivity index (χ0v) is 20.0. The van der Waals surface area contributed by atoms with Gasteiger partial charge in [-0.05, 0) is 53.6 Å². The van der Waals surface area contributed by atoms with Crippen molar-refractivity contribution in [2.75, 3.05) is 12.4 Å². The van der Waals surface area contributed by atoms with E-state index in [4.69, 9.17) is 4.74 Å². The molecule has 0 spiro atoms. The Kier molecular flexibility index (Phi) is 5.44. The third kappa shape index (κ3) is 4.19. The van der Waals surface area contributed by atoms with E-state index in [0.717, 1.165) is 11.3 Å². The molecule has 1 aliphatic heterocycles. The highest BCUT2D eigenvalue weighted by Gasteiger charge is 2.37. The second-order valence-electron chi connectivity index (χ2n) is 9.54. The maximum atomic E-state index is 13.4. The molecule has 0 radical (unpaired) electrons. The Morgan fingerprint density at radius 1 is 0.857 bits per heavy atom. The number of anilines is 1. The van der Waals surface area contributed by atoms with Gasteiger partial charge in [-0.2, -0.15) is 0 Å². The second-order valence-corrected chi connectivity index (χ2v) is 9.54. The standard InChI is InChI=1S/C29H25N3O3/c1-29(2,3)25-14-18(13-20(35-25)10-7-17-5-8-19(30-4)9-6-17)26-27(33)21-15-23-24(32-12-11-31-23)16-22(21)28(26)34/h5-16,30H,1-4H3. The van der Waals surface area contributed by atoms with Crippen molar-refractivity contribution >= 4 is 34.4 Å². The molecule has 0 amide bonds. The largest absolute Gasteiger partial charge is 0.461 e. The predicted octanol–water partition coefficient (Wildman–Crippen LogP) is 5.90. The molecule has 0 saturated heterocycles. The topological polar surface area (TPSA) is 81.2 Å². The minimum absolute atomic E-state index is 0.143.